The van der Waals surface area contributed by atoms with Gasteiger partial charge in [-0.25, -0.2) is 9.18 Å². The number of nitrogens with zero attached hydrogens (tertiary/aromatic N) is 1. The lowest BCUT2D eigenvalue weighted by Crippen LogP contribution is -2.47. The van der Waals surface area contributed by atoms with Crippen LogP contribution in [0.1, 0.15) is 12.0 Å². The lowest BCUT2D eigenvalue weighted by Gasteiger charge is -2.33. The van der Waals surface area contributed by atoms with Gasteiger partial charge in [0, 0.05) is 6.42 Å². The molecule has 0 saturated carbocycles. The van der Waals surface area contributed by atoms with Gasteiger partial charge in [-0.3, -0.25) is 4.79 Å². The quantitative estimate of drug-likeness (QED) is 0.801. The first kappa shape index (κ1) is 17.0. The first-order valence-corrected chi connectivity index (χ1v) is 7.97. The van der Waals surface area contributed by atoms with Crippen LogP contribution in [0.2, 0.25) is 0 Å². The molecule has 6 heteroatoms. The van der Waals surface area contributed by atoms with Crippen LogP contribution in [-0.4, -0.2) is 31.6 Å². The number of carbonyl (C=O) groups excluding carboxylic acids is 2. The summed E-state index contributed by atoms with van der Waals surface area (Å²) in [5.74, 6) is -0.489. The van der Waals surface area contributed by atoms with Crippen molar-refractivity contribution in [3.8, 4) is 5.75 Å². The maximum atomic E-state index is 13.0. The van der Waals surface area contributed by atoms with Crippen LogP contribution in [0.25, 0.3) is 0 Å². The van der Waals surface area contributed by atoms with Crippen LogP contribution in [0.4, 0.5) is 10.1 Å². The highest BCUT2D eigenvalue weighted by Gasteiger charge is 2.34. The van der Waals surface area contributed by atoms with Gasteiger partial charge in [0.1, 0.15) is 11.6 Å². The highest BCUT2D eigenvalue weighted by molar-refractivity contribution is 5.96. The molecule has 0 aliphatic carbocycles. The van der Waals surface area contributed by atoms with Crippen molar-refractivity contribution in [2.75, 3.05) is 18.6 Å². The Kier molecular flexibility index (Phi) is 4.97. The Balaban J connectivity index is 1.75. The number of ether oxygens (including phenoxy) is 2. The fraction of sp³-hybridized carbons (Fsp3) is 0.263. The normalized spacial score (nSPS) is 15.9. The van der Waals surface area contributed by atoms with E-state index in [1.807, 2.05) is 0 Å². The van der Waals surface area contributed by atoms with E-state index in [4.69, 9.17) is 9.47 Å². The Bertz CT molecular complexity index is 775. The molecule has 0 radical (unpaired) electrons. The lowest BCUT2D eigenvalue weighted by atomic mass is 10.1. The van der Waals surface area contributed by atoms with Crippen LogP contribution < -0.4 is 9.64 Å². The predicted octanol–water partition coefficient (Wildman–Crippen LogP) is 2.73. The Hall–Kier alpha value is -2.89. The van der Waals surface area contributed by atoms with Gasteiger partial charge in [-0.15, -0.1) is 0 Å². The van der Waals surface area contributed by atoms with Gasteiger partial charge in [-0.2, -0.15) is 0 Å². The molecular formula is C19H18FNO4. The molecule has 1 atom stereocenters. The third-order valence-corrected chi connectivity index (χ3v) is 4.08. The molecule has 130 valence electrons. The number of hydrogen-bond donors (Lipinski definition) is 0. The van der Waals surface area contributed by atoms with Gasteiger partial charge in [0.25, 0.3) is 0 Å². The van der Waals surface area contributed by atoms with Gasteiger partial charge in [0.2, 0.25) is 12.0 Å². The minimum atomic E-state index is -0.852. The number of fused-ring (bicyclic) bond motifs is 1. The van der Waals surface area contributed by atoms with Gasteiger partial charge in [-0.1, -0.05) is 24.3 Å². The number of hydrogen-bond acceptors (Lipinski definition) is 4. The number of halogens is 1. The van der Waals surface area contributed by atoms with Crippen LogP contribution in [0, 0.1) is 5.82 Å². The third kappa shape index (κ3) is 3.79. The number of para-hydroxylation sites is 2. The second kappa shape index (κ2) is 7.34. The van der Waals surface area contributed by atoms with Crippen molar-refractivity contribution in [2.45, 2.75) is 18.9 Å². The highest BCUT2D eigenvalue weighted by atomic mass is 19.1. The summed E-state index contributed by atoms with van der Waals surface area (Å²) in [7, 11) is 1.28. The largest absolute Gasteiger partial charge is 0.475 e. The van der Waals surface area contributed by atoms with E-state index < -0.39 is 12.1 Å². The summed E-state index contributed by atoms with van der Waals surface area (Å²) in [5.41, 5.74) is 1.51. The van der Waals surface area contributed by atoms with Crippen LogP contribution in [0.3, 0.4) is 0 Å². The van der Waals surface area contributed by atoms with Crippen molar-refractivity contribution in [1.29, 1.82) is 0 Å². The summed E-state index contributed by atoms with van der Waals surface area (Å²) >= 11 is 0. The summed E-state index contributed by atoms with van der Waals surface area (Å²) in [4.78, 5) is 26.1. The molecule has 1 aliphatic rings. The van der Waals surface area contributed by atoms with E-state index in [-0.39, 0.29) is 24.7 Å². The Morgan fingerprint density at radius 1 is 1.20 bits per heavy atom. The molecule has 0 spiro atoms. The first-order chi connectivity index (χ1) is 12.1. The smallest absolute Gasteiger partial charge is 0.348 e. The van der Waals surface area contributed by atoms with Crippen LogP contribution >= 0.6 is 0 Å². The molecule has 2 aromatic rings. The van der Waals surface area contributed by atoms with Crippen molar-refractivity contribution in [2.24, 2.45) is 0 Å². The molecule has 0 bridgehead atoms. The summed E-state index contributed by atoms with van der Waals surface area (Å²) in [6.07, 6.45) is -0.121. The molecule has 0 aromatic heterocycles. The molecule has 1 amide bonds. The molecule has 1 heterocycles. The van der Waals surface area contributed by atoms with Crippen LogP contribution in [0.15, 0.2) is 48.5 Å². The molecule has 1 aliphatic heterocycles. The SMILES string of the molecule is COC(=O)[C@H]1CN(C(=O)CCc2ccc(F)cc2)c2ccccc2O1. The zero-order valence-corrected chi connectivity index (χ0v) is 13.8. The molecule has 25 heavy (non-hydrogen) atoms. The van der Waals surface area contributed by atoms with E-state index >= 15 is 0 Å². The zero-order chi connectivity index (χ0) is 17.8. The minimum Gasteiger partial charge on any atom is -0.475 e. The van der Waals surface area contributed by atoms with E-state index in [9.17, 15) is 14.0 Å². The average Bonchev–Trinajstić information content (AvgIpc) is 2.65. The van der Waals surface area contributed by atoms with E-state index in [1.54, 1.807) is 41.3 Å². The Morgan fingerprint density at radius 3 is 2.64 bits per heavy atom. The molecule has 2 aromatic carbocycles. The number of benzene rings is 2. The van der Waals surface area contributed by atoms with Gasteiger partial charge in [-0.05, 0) is 36.2 Å². The number of esters is 1. The number of methoxy groups -OCH3 is 1. The molecule has 0 N–H and O–H groups in total. The minimum absolute atomic E-state index is 0.103. The van der Waals surface area contributed by atoms with Crippen molar-refractivity contribution < 1.29 is 23.5 Å². The summed E-state index contributed by atoms with van der Waals surface area (Å²) in [5, 5.41) is 0. The van der Waals surface area contributed by atoms with Crippen LogP contribution in [0.5, 0.6) is 5.75 Å². The first-order valence-electron chi connectivity index (χ1n) is 7.97. The standard InChI is InChI=1S/C19H18FNO4/c1-24-19(23)17-12-21(15-4-2-3-5-16(15)25-17)18(22)11-8-13-6-9-14(20)10-7-13/h2-7,9-10,17H,8,11-12H2,1H3/t17-/m1/s1. The van der Waals surface area contributed by atoms with Gasteiger partial charge < -0.3 is 14.4 Å². The van der Waals surface area contributed by atoms with Gasteiger partial charge >= 0.3 is 5.97 Å². The van der Waals surface area contributed by atoms with Crippen molar-refractivity contribution in [3.05, 3.63) is 59.9 Å². The average molecular weight is 343 g/mol. The Labute approximate surface area is 145 Å². The number of rotatable bonds is 4. The second-order valence-electron chi connectivity index (χ2n) is 5.73. The fourth-order valence-corrected chi connectivity index (χ4v) is 2.76. The second-order valence-corrected chi connectivity index (χ2v) is 5.73. The highest BCUT2D eigenvalue weighted by Crippen LogP contribution is 2.33. The molecule has 0 unspecified atom stereocenters. The topological polar surface area (TPSA) is 55.8 Å². The van der Waals surface area contributed by atoms with Crippen molar-refractivity contribution in [3.63, 3.8) is 0 Å². The molecule has 5 nitrogen and oxygen atoms in total. The van der Waals surface area contributed by atoms with Gasteiger partial charge in [0.05, 0.1) is 19.3 Å². The van der Waals surface area contributed by atoms with Crippen LogP contribution in [-0.2, 0) is 20.7 Å². The summed E-state index contributed by atoms with van der Waals surface area (Å²) in [6, 6.07) is 13.1. The number of amides is 1. The zero-order valence-electron chi connectivity index (χ0n) is 13.8. The number of anilines is 1. The fourth-order valence-electron chi connectivity index (χ4n) is 2.76. The van der Waals surface area contributed by atoms with Crippen molar-refractivity contribution in [1.82, 2.24) is 0 Å². The molecule has 0 fully saturated rings. The third-order valence-electron chi connectivity index (χ3n) is 4.08. The van der Waals surface area contributed by atoms with E-state index in [0.717, 1.165) is 5.56 Å². The number of aryl methyl sites for hydroxylation is 1. The lowest BCUT2D eigenvalue weighted by molar-refractivity contribution is -0.148. The monoisotopic (exact) mass is 343 g/mol. The molecule has 3 rings (SSSR count). The van der Waals surface area contributed by atoms with Crippen molar-refractivity contribution >= 4 is 17.6 Å². The molecular weight excluding hydrogens is 325 g/mol. The van der Waals surface area contributed by atoms with Gasteiger partial charge in [0.15, 0.2) is 0 Å². The maximum absolute atomic E-state index is 13.0. The molecule has 0 saturated heterocycles. The van der Waals surface area contributed by atoms with E-state index in [2.05, 4.69) is 0 Å². The summed E-state index contributed by atoms with van der Waals surface area (Å²) < 4.78 is 23.3. The maximum Gasteiger partial charge on any atom is 0.348 e. The summed E-state index contributed by atoms with van der Waals surface area (Å²) in [6.45, 7) is 0.103. The van der Waals surface area contributed by atoms with E-state index in [0.29, 0.717) is 17.9 Å². The number of carbonyl (C=O) groups is 2. The van der Waals surface area contributed by atoms with E-state index in [1.165, 1.54) is 19.2 Å². The predicted molar refractivity (Wildman–Crippen MR) is 89.9 cm³/mol. The Morgan fingerprint density at radius 2 is 1.92 bits per heavy atom.